The predicted octanol–water partition coefficient (Wildman–Crippen LogP) is 4.26. The van der Waals surface area contributed by atoms with E-state index in [1.165, 1.54) is 82.6 Å². The lowest BCUT2D eigenvalue weighted by atomic mass is 10.0. The van der Waals surface area contributed by atoms with Gasteiger partial charge in [-0.25, -0.2) is 0 Å². The average molecular weight is 333 g/mol. The van der Waals surface area contributed by atoms with E-state index in [2.05, 4.69) is 51.9 Å². The van der Waals surface area contributed by atoms with Gasteiger partial charge in [-0.15, -0.1) is 0 Å². The van der Waals surface area contributed by atoms with Crippen molar-refractivity contribution in [2.75, 3.05) is 38.5 Å². The molecule has 0 spiro atoms. The highest BCUT2D eigenvalue weighted by atomic mass is 32.2. The summed E-state index contributed by atoms with van der Waals surface area (Å²) in [5.41, 5.74) is 1.45. The Hall–Kier alpha value is -0.510. The van der Waals surface area contributed by atoms with Crippen molar-refractivity contribution in [2.24, 2.45) is 0 Å². The van der Waals surface area contributed by atoms with Gasteiger partial charge in [-0.3, -0.25) is 4.90 Å². The summed E-state index contributed by atoms with van der Waals surface area (Å²) in [6.07, 6.45) is 8.75. The third-order valence-electron chi connectivity index (χ3n) is 5.24. The van der Waals surface area contributed by atoms with Crippen LogP contribution in [-0.4, -0.2) is 53.5 Å². The zero-order valence-corrected chi connectivity index (χ0v) is 15.3. The molecule has 3 heteroatoms. The standard InChI is InChI=1S/C20H32N2S/c1-3-8-19(9-4-1)18-22-15-13-21(14-16-22)12-7-17-23-20-10-5-2-6-11-20/h1,3-4,8-9,20H,2,5-7,10-18H2. The summed E-state index contributed by atoms with van der Waals surface area (Å²) in [4.78, 5) is 5.27. The Morgan fingerprint density at radius 3 is 2.30 bits per heavy atom. The Morgan fingerprint density at radius 2 is 1.57 bits per heavy atom. The molecule has 0 amide bonds. The van der Waals surface area contributed by atoms with E-state index in [1.54, 1.807) is 0 Å². The monoisotopic (exact) mass is 332 g/mol. The average Bonchev–Trinajstić information content (AvgIpc) is 2.62. The fraction of sp³-hybridized carbons (Fsp3) is 0.700. The fourth-order valence-corrected chi connectivity index (χ4v) is 5.08. The molecule has 2 nitrogen and oxygen atoms in total. The van der Waals surface area contributed by atoms with Crippen LogP contribution < -0.4 is 0 Å². The molecule has 0 atom stereocenters. The third kappa shape index (κ3) is 6.13. The predicted molar refractivity (Wildman–Crippen MR) is 102 cm³/mol. The molecule has 0 bridgehead atoms. The van der Waals surface area contributed by atoms with Gasteiger partial charge in [0.05, 0.1) is 0 Å². The number of hydrogen-bond donors (Lipinski definition) is 0. The van der Waals surface area contributed by atoms with E-state index in [1.807, 2.05) is 0 Å². The zero-order chi connectivity index (χ0) is 15.7. The minimum atomic E-state index is 0.978. The van der Waals surface area contributed by atoms with Crippen molar-refractivity contribution in [3.05, 3.63) is 35.9 Å². The quantitative estimate of drug-likeness (QED) is 0.689. The molecule has 23 heavy (non-hydrogen) atoms. The second-order valence-electron chi connectivity index (χ2n) is 7.09. The van der Waals surface area contributed by atoms with E-state index < -0.39 is 0 Å². The molecule has 0 unspecified atom stereocenters. The Balaban J connectivity index is 1.26. The van der Waals surface area contributed by atoms with Crippen LogP contribution in [0.25, 0.3) is 0 Å². The third-order valence-corrected chi connectivity index (χ3v) is 6.71. The molecule has 3 rings (SSSR count). The van der Waals surface area contributed by atoms with Gasteiger partial charge in [0.2, 0.25) is 0 Å². The largest absolute Gasteiger partial charge is 0.301 e. The van der Waals surface area contributed by atoms with Crippen molar-refractivity contribution in [3.63, 3.8) is 0 Å². The summed E-state index contributed by atoms with van der Waals surface area (Å²) in [7, 11) is 0. The first-order valence-corrected chi connectivity index (χ1v) is 10.6. The molecule has 128 valence electrons. The van der Waals surface area contributed by atoms with Gasteiger partial charge in [0, 0.05) is 38.0 Å². The maximum Gasteiger partial charge on any atom is 0.0234 e. The lowest BCUT2D eigenvalue weighted by molar-refractivity contribution is 0.127. The molecule has 1 aliphatic carbocycles. The summed E-state index contributed by atoms with van der Waals surface area (Å²) in [5, 5.41) is 0.978. The summed E-state index contributed by atoms with van der Waals surface area (Å²) < 4.78 is 0. The highest BCUT2D eigenvalue weighted by Gasteiger charge is 2.17. The number of thioether (sulfide) groups is 1. The molecule has 2 fully saturated rings. The second-order valence-corrected chi connectivity index (χ2v) is 8.50. The van der Waals surface area contributed by atoms with Crippen LogP contribution in [0.3, 0.4) is 0 Å². The van der Waals surface area contributed by atoms with E-state index in [0.29, 0.717) is 0 Å². The molecule has 0 aromatic heterocycles. The molecular formula is C20H32N2S. The van der Waals surface area contributed by atoms with Gasteiger partial charge in [0.15, 0.2) is 0 Å². The molecule has 1 aliphatic heterocycles. The Labute approximate surface area is 146 Å². The molecule has 2 aliphatic rings. The van der Waals surface area contributed by atoms with Crippen molar-refractivity contribution < 1.29 is 0 Å². The number of nitrogens with zero attached hydrogens (tertiary/aromatic N) is 2. The lowest BCUT2D eigenvalue weighted by Gasteiger charge is -2.34. The molecule has 0 N–H and O–H groups in total. The van der Waals surface area contributed by atoms with Gasteiger partial charge in [-0.05, 0) is 37.1 Å². The van der Waals surface area contributed by atoms with E-state index in [4.69, 9.17) is 0 Å². The summed E-state index contributed by atoms with van der Waals surface area (Å²) in [6.45, 7) is 7.38. The fourth-order valence-electron chi connectivity index (χ4n) is 3.78. The Bertz CT molecular complexity index is 423. The Kier molecular flexibility index (Phi) is 7.31. The number of rotatable bonds is 7. The molecule has 0 radical (unpaired) electrons. The van der Waals surface area contributed by atoms with Crippen molar-refractivity contribution in [1.29, 1.82) is 0 Å². The summed E-state index contributed by atoms with van der Waals surface area (Å²) in [6, 6.07) is 10.9. The smallest absolute Gasteiger partial charge is 0.0234 e. The first kappa shape index (κ1) is 17.3. The van der Waals surface area contributed by atoms with Crippen molar-refractivity contribution >= 4 is 11.8 Å². The maximum atomic E-state index is 2.67. The minimum Gasteiger partial charge on any atom is -0.301 e. The highest BCUT2D eigenvalue weighted by molar-refractivity contribution is 7.99. The lowest BCUT2D eigenvalue weighted by Crippen LogP contribution is -2.46. The van der Waals surface area contributed by atoms with Crippen LogP contribution in [0.2, 0.25) is 0 Å². The van der Waals surface area contributed by atoms with Crippen LogP contribution in [0.15, 0.2) is 30.3 Å². The van der Waals surface area contributed by atoms with Gasteiger partial charge in [0.1, 0.15) is 0 Å². The summed E-state index contributed by atoms with van der Waals surface area (Å²) >= 11 is 2.25. The zero-order valence-electron chi connectivity index (χ0n) is 14.5. The van der Waals surface area contributed by atoms with E-state index in [9.17, 15) is 0 Å². The Morgan fingerprint density at radius 1 is 0.870 bits per heavy atom. The number of hydrogen-bond acceptors (Lipinski definition) is 3. The molecular weight excluding hydrogens is 300 g/mol. The topological polar surface area (TPSA) is 6.48 Å². The maximum absolute atomic E-state index is 2.67. The van der Waals surface area contributed by atoms with Crippen molar-refractivity contribution in [1.82, 2.24) is 9.80 Å². The first-order valence-electron chi connectivity index (χ1n) is 9.50. The van der Waals surface area contributed by atoms with Crippen LogP contribution in [0.5, 0.6) is 0 Å². The minimum absolute atomic E-state index is 0.978. The van der Waals surface area contributed by atoms with Crippen LogP contribution in [0.4, 0.5) is 0 Å². The van der Waals surface area contributed by atoms with Gasteiger partial charge in [0.25, 0.3) is 0 Å². The van der Waals surface area contributed by atoms with Crippen LogP contribution in [0, 0.1) is 0 Å². The van der Waals surface area contributed by atoms with Crippen molar-refractivity contribution in [2.45, 2.75) is 50.3 Å². The molecule has 1 saturated carbocycles. The normalized spacial score (nSPS) is 21.6. The van der Waals surface area contributed by atoms with Crippen molar-refractivity contribution in [3.8, 4) is 0 Å². The van der Waals surface area contributed by atoms with E-state index in [0.717, 1.165) is 11.8 Å². The molecule has 1 saturated heterocycles. The van der Waals surface area contributed by atoms with E-state index >= 15 is 0 Å². The van der Waals surface area contributed by atoms with Gasteiger partial charge in [-0.2, -0.15) is 11.8 Å². The van der Waals surface area contributed by atoms with Gasteiger partial charge < -0.3 is 4.90 Å². The van der Waals surface area contributed by atoms with E-state index in [-0.39, 0.29) is 0 Å². The number of benzene rings is 1. The molecule has 1 aromatic rings. The van der Waals surface area contributed by atoms with Crippen LogP contribution in [-0.2, 0) is 6.54 Å². The van der Waals surface area contributed by atoms with Gasteiger partial charge in [-0.1, -0.05) is 49.6 Å². The second kappa shape index (κ2) is 9.71. The van der Waals surface area contributed by atoms with Crippen LogP contribution >= 0.6 is 11.8 Å². The number of piperazine rings is 1. The molecule has 1 heterocycles. The SMILES string of the molecule is c1ccc(CN2CCN(CCCSC3CCCCC3)CC2)cc1. The summed E-state index contributed by atoms with van der Waals surface area (Å²) in [5.74, 6) is 1.37. The van der Waals surface area contributed by atoms with Crippen LogP contribution in [0.1, 0.15) is 44.1 Å². The molecule has 1 aromatic carbocycles. The first-order chi connectivity index (χ1) is 11.4. The highest BCUT2D eigenvalue weighted by Crippen LogP contribution is 2.28. The van der Waals surface area contributed by atoms with Gasteiger partial charge >= 0.3 is 0 Å².